The first-order valence-corrected chi connectivity index (χ1v) is 10.5. The lowest BCUT2D eigenvalue weighted by molar-refractivity contribution is -0.116. The van der Waals surface area contributed by atoms with Gasteiger partial charge in [-0.05, 0) is 49.2 Å². The number of carbonyl (C=O) groups excluding carboxylic acids is 3. The molecule has 3 aromatic rings. The van der Waals surface area contributed by atoms with Crippen LogP contribution in [0.25, 0.3) is 0 Å². The maximum atomic E-state index is 12.8. The van der Waals surface area contributed by atoms with Crippen molar-refractivity contribution in [3.05, 3.63) is 95.1 Å². The number of carbonyl (C=O) groups is 3. The van der Waals surface area contributed by atoms with Gasteiger partial charge in [0, 0.05) is 37.2 Å². The first kappa shape index (κ1) is 22.9. The average Bonchev–Trinajstić information content (AvgIpc) is 2.79. The number of benzene rings is 3. The van der Waals surface area contributed by atoms with Gasteiger partial charge in [0.1, 0.15) is 11.9 Å². The smallest absolute Gasteiger partial charge is 0.223 e. The number of hydrogen-bond donors (Lipinski definition) is 0. The minimum absolute atomic E-state index is 0.0124. The van der Waals surface area contributed by atoms with Gasteiger partial charge in [0.05, 0.1) is 0 Å². The van der Waals surface area contributed by atoms with Crippen molar-refractivity contribution in [3.63, 3.8) is 0 Å². The van der Waals surface area contributed by atoms with Crippen molar-refractivity contribution in [3.8, 4) is 5.75 Å². The summed E-state index contributed by atoms with van der Waals surface area (Å²) in [7, 11) is 1.71. The predicted octanol–water partition coefficient (Wildman–Crippen LogP) is 5.44. The van der Waals surface area contributed by atoms with Gasteiger partial charge in [0.2, 0.25) is 5.91 Å². The lowest BCUT2D eigenvalue weighted by Crippen LogP contribution is -2.22. The summed E-state index contributed by atoms with van der Waals surface area (Å²) in [5.74, 6) is 0.575. The van der Waals surface area contributed by atoms with Crippen LogP contribution in [0.15, 0.2) is 72.8 Å². The topological polar surface area (TPSA) is 63.7 Å². The van der Waals surface area contributed by atoms with Crippen molar-refractivity contribution in [1.82, 2.24) is 0 Å². The fourth-order valence-electron chi connectivity index (χ4n) is 3.31. The number of nitrogens with zero attached hydrogens (tertiary/aromatic N) is 1. The summed E-state index contributed by atoms with van der Waals surface area (Å²) in [6.07, 6.45) is 0.0300. The molecular weight excluding hydrogens is 402 g/mol. The number of rotatable bonds is 8. The molecule has 1 amide bonds. The summed E-state index contributed by atoms with van der Waals surface area (Å²) in [6.45, 7) is 4.97. The van der Waals surface area contributed by atoms with Crippen LogP contribution >= 0.6 is 0 Å². The first-order valence-electron chi connectivity index (χ1n) is 10.5. The third kappa shape index (κ3) is 5.70. The number of hydrogen-bond acceptors (Lipinski definition) is 4. The summed E-state index contributed by atoms with van der Waals surface area (Å²) in [5.41, 5.74) is 3.85. The highest BCUT2D eigenvalue weighted by molar-refractivity contribution is 5.98. The van der Waals surface area contributed by atoms with Gasteiger partial charge in [-0.2, -0.15) is 0 Å². The SMILES string of the molecule is CC(=O)c1ccc(C(C)Oc2cccc(C(=O)Cc3ccc(N(C)C(C)=O)cc3)c2)cc1. The molecule has 1 unspecified atom stereocenters. The molecule has 0 saturated heterocycles. The van der Waals surface area contributed by atoms with Crippen LogP contribution in [-0.4, -0.2) is 24.5 Å². The van der Waals surface area contributed by atoms with E-state index in [2.05, 4.69) is 0 Å². The summed E-state index contributed by atoms with van der Waals surface area (Å²) in [5, 5.41) is 0. The molecule has 0 heterocycles. The molecule has 3 aromatic carbocycles. The monoisotopic (exact) mass is 429 g/mol. The van der Waals surface area contributed by atoms with Gasteiger partial charge in [0.15, 0.2) is 11.6 Å². The molecule has 0 saturated carbocycles. The van der Waals surface area contributed by atoms with Gasteiger partial charge < -0.3 is 9.64 Å². The highest BCUT2D eigenvalue weighted by atomic mass is 16.5. The van der Waals surface area contributed by atoms with Crippen LogP contribution in [0.4, 0.5) is 5.69 Å². The van der Waals surface area contributed by atoms with Gasteiger partial charge in [-0.3, -0.25) is 14.4 Å². The number of amides is 1. The Morgan fingerprint density at radius 1 is 0.875 bits per heavy atom. The molecule has 0 bridgehead atoms. The molecule has 5 heteroatoms. The largest absolute Gasteiger partial charge is 0.486 e. The lowest BCUT2D eigenvalue weighted by atomic mass is 10.0. The van der Waals surface area contributed by atoms with Crippen LogP contribution < -0.4 is 9.64 Å². The summed E-state index contributed by atoms with van der Waals surface area (Å²) in [4.78, 5) is 37.3. The summed E-state index contributed by atoms with van der Waals surface area (Å²) >= 11 is 0. The molecule has 0 aliphatic heterocycles. The number of anilines is 1. The van der Waals surface area contributed by atoms with Gasteiger partial charge in [0.25, 0.3) is 0 Å². The second-order valence-corrected chi connectivity index (χ2v) is 7.81. The van der Waals surface area contributed by atoms with E-state index in [4.69, 9.17) is 4.74 Å². The maximum absolute atomic E-state index is 12.8. The van der Waals surface area contributed by atoms with E-state index < -0.39 is 0 Å². The molecule has 0 aliphatic rings. The van der Waals surface area contributed by atoms with Crippen LogP contribution in [-0.2, 0) is 11.2 Å². The lowest BCUT2D eigenvalue weighted by Gasteiger charge is -2.16. The molecular formula is C27H27NO4. The zero-order chi connectivity index (χ0) is 23.3. The van der Waals surface area contributed by atoms with E-state index in [1.54, 1.807) is 42.3 Å². The Balaban J connectivity index is 1.66. The van der Waals surface area contributed by atoms with Crippen LogP contribution in [0.5, 0.6) is 5.75 Å². The van der Waals surface area contributed by atoms with Crippen LogP contribution in [0.1, 0.15) is 58.7 Å². The van der Waals surface area contributed by atoms with Crippen LogP contribution in [0, 0.1) is 0 Å². The Bertz CT molecular complexity index is 1120. The van der Waals surface area contributed by atoms with Crippen molar-refractivity contribution >= 4 is 23.2 Å². The Labute approximate surface area is 188 Å². The van der Waals surface area contributed by atoms with Crippen LogP contribution in [0.2, 0.25) is 0 Å². The van der Waals surface area contributed by atoms with E-state index in [-0.39, 0.29) is 30.0 Å². The second-order valence-electron chi connectivity index (χ2n) is 7.81. The second kappa shape index (κ2) is 10.1. The van der Waals surface area contributed by atoms with Gasteiger partial charge in [-0.1, -0.05) is 48.5 Å². The van der Waals surface area contributed by atoms with E-state index in [9.17, 15) is 14.4 Å². The van der Waals surface area contributed by atoms with Crippen LogP contribution in [0.3, 0.4) is 0 Å². The third-order valence-corrected chi connectivity index (χ3v) is 5.42. The van der Waals surface area contributed by atoms with Gasteiger partial charge in [-0.25, -0.2) is 0 Å². The minimum Gasteiger partial charge on any atom is -0.486 e. The Morgan fingerprint density at radius 3 is 2.12 bits per heavy atom. The molecule has 5 nitrogen and oxygen atoms in total. The van der Waals surface area contributed by atoms with Gasteiger partial charge in [-0.15, -0.1) is 0 Å². The predicted molar refractivity (Wildman–Crippen MR) is 125 cm³/mol. The molecule has 0 N–H and O–H groups in total. The summed E-state index contributed by atoms with van der Waals surface area (Å²) < 4.78 is 6.03. The van der Waals surface area contributed by atoms with Crippen molar-refractivity contribution in [2.75, 3.05) is 11.9 Å². The molecule has 0 fully saturated rings. The third-order valence-electron chi connectivity index (χ3n) is 5.42. The molecule has 0 radical (unpaired) electrons. The zero-order valence-electron chi connectivity index (χ0n) is 18.8. The standard InChI is InChI=1S/C27H27NO4/c1-18(29)22-10-12-23(13-11-22)19(2)32-26-7-5-6-24(17-26)27(31)16-21-8-14-25(15-9-21)28(4)20(3)30/h5-15,17,19H,16H2,1-4H3. The van der Waals surface area contributed by atoms with E-state index in [0.717, 1.165) is 16.8 Å². The van der Waals surface area contributed by atoms with Crippen molar-refractivity contribution in [2.45, 2.75) is 33.3 Å². The first-order chi connectivity index (χ1) is 15.2. The van der Waals surface area contributed by atoms with E-state index in [1.807, 2.05) is 49.4 Å². The number of Topliss-reactive ketones (excluding diaryl/α,β-unsaturated/α-hetero) is 2. The Kier molecular flexibility index (Phi) is 7.21. The molecule has 0 aliphatic carbocycles. The normalized spacial score (nSPS) is 11.5. The van der Waals surface area contributed by atoms with E-state index in [0.29, 0.717) is 16.9 Å². The zero-order valence-corrected chi connectivity index (χ0v) is 18.8. The van der Waals surface area contributed by atoms with Gasteiger partial charge >= 0.3 is 0 Å². The molecule has 32 heavy (non-hydrogen) atoms. The Hall–Kier alpha value is -3.73. The van der Waals surface area contributed by atoms with E-state index in [1.165, 1.54) is 13.8 Å². The average molecular weight is 430 g/mol. The fourth-order valence-corrected chi connectivity index (χ4v) is 3.31. The maximum Gasteiger partial charge on any atom is 0.223 e. The van der Waals surface area contributed by atoms with Crippen molar-refractivity contribution in [1.29, 1.82) is 0 Å². The van der Waals surface area contributed by atoms with Crippen molar-refractivity contribution in [2.24, 2.45) is 0 Å². The van der Waals surface area contributed by atoms with Crippen molar-refractivity contribution < 1.29 is 19.1 Å². The molecule has 1 atom stereocenters. The molecule has 3 rings (SSSR count). The molecule has 0 aromatic heterocycles. The molecule has 0 spiro atoms. The quantitative estimate of drug-likeness (QED) is 0.448. The molecule has 164 valence electrons. The van der Waals surface area contributed by atoms with E-state index >= 15 is 0 Å². The number of ketones is 2. The highest BCUT2D eigenvalue weighted by Gasteiger charge is 2.12. The minimum atomic E-state index is -0.229. The number of ether oxygens (including phenoxy) is 1. The summed E-state index contributed by atoms with van der Waals surface area (Å²) in [6, 6.07) is 21.9. The highest BCUT2D eigenvalue weighted by Crippen LogP contribution is 2.24. The Morgan fingerprint density at radius 2 is 1.53 bits per heavy atom. The fraction of sp³-hybridized carbons (Fsp3) is 0.222.